The van der Waals surface area contributed by atoms with Crippen molar-refractivity contribution in [3.63, 3.8) is 0 Å². The number of piperazine rings is 1. The number of rotatable bonds is 6. The maximum Gasteiger partial charge on any atom is 0.243 e. The van der Waals surface area contributed by atoms with E-state index in [9.17, 15) is 13.2 Å². The molecule has 2 aromatic rings. The van der Waals surface area contributed by atoms with Crippen LogP contribution in [0.25, 0.3) is 0 Å². The quantitative estimate of drug-likeness (QED) is 0.760. The summed E-state index contributed by atoms with van der Waals surface area (Å²) in [5.41, 5.74) is 0.930. The van der Waals surface area contributed by atoms with Gasteiger partial charge in [-0.3, -0.25) is 9.69 Å². The lowest BCUT2D eigenvalue weighted by Crippen LogP contribution is -2.52. The Morgan fingerprint density at radius 3 is 2.17 bits per heavy atom. The van der Waals surface area contributed by atoms with E-state index in [0.29, 0.717) is 31.2 Å². The second-order valence-corrected chi connectivity index (χ2v) is 9.86. The van der Waals surface area contributed by atoms with E-state index in [1.807, 2.05) is 30.3 Å². The van der Waals surface area contributed by atoms with Crippen molar-refractivity contribution in [2.45, 2.75) is 29.8 Å². The fourth-order valence-corrected chi connectivity index (χ4v) is 5.18. The fraction of sp³-hybridized carbons (Fsp3) is 0.381. The molecule has 1 unspecified atom stereocenters. The van der Waals surface area contributed by atoms with Crippen LogP contribution in [0.15, 0.2) is 59.5 Å². The molecule has 0 spiro atoms. The number of amides is 1. The minimum atomic E-state index is -3.57. The van der Waals surface area contributed by atoms with Crippen LogP contribution in [0.2, 0.25) is 5.02 Å². The molecule has 2 fully saturated rings. The molecule has 1 N–H and O–H groups in total. The first-order chi connectivity index (χ1) is 13.9. The Balaban J connectivity index is 1.48. The Hall–Kier alpha value is -1.93. The summed E-state index contributed by atoms with van der Waals surface area (Å²) in [6.07, 6.45) is 2.06. The molecule has 1 saturated heterocycles. The van der Waals surface area contributed by atoms with Gasteiger partial charge in [-0.15, -0.1) is 0 Å². The van der Waals surface area contributed by atoms with Crippen LogP contribution < -0.4 is 5.32 Å². The van der Waals surface area contributed by atoms with Crippen molar-refractivity contribution in [1.29, 1.82) is 0 Å². The third kappa shape index (κ3) is 4.64. The lowest BCUT2D eigenvalue weighted by Gasteiger charge is -2.38. The zero-order chi connectivity index (χ0) is 20.4. The van der Waals surface area contributed by atoms with Gasteiger partial charge in [0, 0.05) is 37.2 Å². The molecule has 1 saturated carbocycles. The Kier molecular flexibility index (Phi) is 5.92. The number of nitrogens with zero attached hydrogens (tertiary/aromatic N) is 2. The van der Waals surface area contributed by atoms with Crippen molar-refractivity contribution in [2.24, 2.45) is 0 Å². The van der Waals surface area contributed by atoms with Gasteiger partial charge < -0.3 is 5.32 Å². The van der Waals surface area contributed by atoms with E-state index in [1.54, 1.807) is 12.1 Å². The summed E-state index contributed by atoms with van der Waals surface area (Å²) in [5, 5.41) is 3.60. The molecule has 4 rings (SSSR count). The van der Waals surface area contributed by atoms with Crippen molar-refractivity contribution in [3.05, 3.63) is 65.2 Å². The summed E-state index contributed by atoms with van der Waals surface area (Å²) in [5.74, 6) is -0.00675. The number of hydrogen-bond donors (Lipinski definition) is 1. The van der Waals surface area contributed by atoms with E-state index in [2.05, 4.69) is 10.2 Å². The zero-order valence-electron chi connectivity index (χ0n) is 16.0. The van der Waals surface area contributed by atoms with E-state index in [1.165, 1.54) is 16.4 Å². The van der Waals surface area contributed by atoms with Crippen molar-refractivity contribution in [3.8, 4) is 0 Å². The minimum Gasteiger partial charge on any atom is -0.352 e. The largest absolute Gasteiger partial charge is 0.352 e. The van der Waals surface area contributed by atoms with Crippen LogP contribution in [0.3, 0.4) is 0 Å². The number of hydrogen-bond acceptors (Lipinski definition) is 4. The number of nitrogens with one attached hydrogen (secondary N) is 1. The van der Waals surface area contributed by atoms with Gasteiger partial charge in [-0.25, -0.2) is 8.42 Å². The summed E-state index contributed by atoms with van der Waals surface area (Å²) in [4.78, 5) is 15.2. The van der Waals surface area contributed by atoms with E-state index < -0.39 is 16.1 Å². The van der Waals surface area contributed by atoms with Crippen LogP contribution in [0, 0.1) is 0 Å². The maximum absolute atomic E-state index is 12.9. The molecular weight excluding hydrogens is 410 g/mol. The van der Waals surface area contributed by atoms with Gasteiger partial charge in [-0.1, -0.05) is 41.9 Å². The van der Waals surface area contributed by atoms with Crippen molar-refractivity contribution in [1.82, 2.24) is 14.5 Å². The molecule has 154 valence electrons. The van der Waals surface area contributed by atoms with Crippen LogP contribution in [0.4, 0.5) is 0 Å². The van der Waals surface area contributed by atoms with Crippen LogP contribution in [0.5, 0.6) is 0 Å². The third-order valence-corrected chi connectivity index (χ3v) is 7.54. The van der Waals surface area contributed by atoms with Gasteiger partial charge in [0.05, 0.1) is 4.90 Å². The van der Waals surface area contributed by atoms with Gasteiger partial charge in [0.2, 0.25) is 15.9 Å². The summed E-state index contributed by atoms with van der Waals surface area (Å²) < 4.78 is 27.3. The van der Waals surface area contributed by atoms with Gasteiger partial charge in [0.1, 0.15) is 6.04 Å². The second-order valence-electron chi connectivity index (χ2n) is 7.49. The molecule has 1 heterocycles. The van der Waals surface area contributed by atoms with Gasteiger partial charge in [0.15, 0.2) is 0 Å². The Labute approximate surface area is 176 Å². The van der Waals surface area contributed by atoms with Gasteiger partial charge in [0.25, 0.3) is 0 Å². The summed E-state index contributed by atoms with van der Waals surface area (Å²) in [7, 11) is -3.57. The standard InChI is InChI=1S/C21H24ClN3O3S/c22-17-6-10-19(11-7-17)29(27,28)25-14-12-24(13-15-25)20(16-4-2-1-3-5-16)21(26)23-18-8-9-18/h1-7,10-11,18,20H,8-9,12-15H2,(H,23,26). The Bertz CT molecular complexity index is 954. The maximum atomic E-state index is 12.9. The summed E-state index contributed by atoms with van der Waals surface area (Å²) >= 11 is 5.88. The molecular formula is C21H24ClN3O3S. The van der Waals surface area contributed by atoms with E-state index in [4.69, 9.17) is 11.6 Å². The first-order valence-corrected chi connectivity index (χ1v) is 11.6. The molecule has 8 heteroatoms. The molecule has 0 bridgehead atoms. The molecule has 0 aromatic heterocycles. The first-order valence-electron chi connectivity index (χ1n) is 9.80. The highest BCUT2D eigenvalue weighted by molar-refractivity contribution is 7.89. The van der Waals surface area contributed by atoms with Crippen molar-refractivity contribution in [2.75, 3.05) is 26.2 Å². The van der Waals surface area contributed by atoms with E-state index >= 15 is 0 Å². The fourth-order valence-electron chi connectivity index (χ4n) is 3.63. The second kappa shape index (κ2) is 8.44. The van der Waals surface area contributed by atoms with Gasteiger partial charge in [-0.2, -0.15) is 4.31 Å². The highest BCUT2D eigenvalue weighted by Gasteiger charge is 2.36. The summed E-state index contributed by atoms with van der Waals surface area (Å²) in [6.45, 7) is 1.66. The minimum absolute atomic E-state index is 0.00675. The van der Waals surface area contributed by atoms with Gasteiger partial charge >= 0.3 is 0 Å². The lowest BCUT2D eigenvalue weighted by molar-refractivity contribution is -0.127. The van der Waals surface area contributed by atoms with Gasteiger partial charge in [-0.05, 0) is 42.7 Å². The predicted octanol–water partition coefficient (Wildman–Crippen LogP) is 2.67. The average Bonchev–Trinajstić information content (AvgIpc) is 3.54. The normalized spacial score (nSPS) is 19.6. The molecule has 2 aliphatic rings. The zero-order valence-corrected chi connectivity index (χ0v) is 17.6. The van der Waals surface area contributed by atoms with Crippen LogP contribution in [0.1, 0.15) is 24.4 Å². The van der Waals surface area contributed by atoms with Crippen LogP contribution in [-0.2, 0) is 14.8 Å². The SMILES string of the molecule is O=C(NC1CC1)C(c1ccccc1)N1CCN(S(=O)(=O)c2ccc(Cl)cc2)CC1. The number of carbonyl (C=O) groups is 1. The average molecular weight is 434 g/mol. The first kappa shape index (κ1) is 20.3. The highest BCUT2D eigenvalue weighted by atomic mass is 35.5. The molecule has 1 aliphatic heterocycles. The molecule has 1 atom stereocenters. The number of halogens is 1. The summed E-state index contributed by atoms with van der Waals surface area (Å²) in [6, 6.07) is 15.8. The molecule has 2 aromatic carbocycles. The van der Waals surface area contributed by atoms with Crippen molar-refractivity contribution < 1.29 is 13.2 Å². The highest BCUT2D eigenvalue weighted by Crippen LogP contribution is 2.27. The topological polar surface area (TPSA) is 69.7 Å². The van der Waals surface area contributed by atoms with E-state index in [-0.39, 0.29) is 16.8 Å². The molecule has 0 radical (unpaired) electrons. The smallest absolute Gasteiger partial charge is 0.243 e. The Morgan fingerprint density at radius 2 is 1.59 bits per heavy atom. The van der Waals surface area contributed by atoms with Crippen LogP contribution >= 0.6 is 11.6 Å². The third-order valence-electron chi connectivity index (χ3n) is 5.38. The number of carbonyl (C=O) groups excluding carboxylic acids is 1. The van der Waals surface area contributed by atoms with E-state index in [0.717, 1.165) is 18.4 Å². The molecule has 1 aliphatic carbocycles. The van der Waals surface area contributed by atoms with Crippen LogP contribution in [-0.4, -0.2) is 55.8 Å². The van der Waals surface area contributed by atoms with Crippen molar-refractivity contribution >= 4 is 27.5 Å². The number of benzene rings is 2. The molecule has 29 heavy (non-hydrogen) atoms. The molecule has 6 nitrogen and oxygen atoms in total. The number of sulfonamides is 1. The molecule has 1 amide bonds. The lowest BCUT2D eigenvalue weighted by atomic mass is 10.0. The monoisotopic (exact) mass is 433 g/mol. The predicted molar refractivity (Wildman–Crippen MR) is 112 cm³/mol. The Morgan fingerprint density at radius 1 is 0.966 bits per heavy atom.